The van der Waals surface area contributed by atoms with Gasteiger partial charge in [-0.05, 0) is 55.5 Å². The van der Waals surface area contributed by atoms with Crippen LogP contribution in [-0.4, -0.2) is 17.9 Å². The molecule has 0 amide bonds. The molecule has 130 valence electrons. The number of benzene rings is 2. The quantitative estimate of drug-likeness (QED) is 0.782. The monoisotopic (exact) mass is 378 g/mol. The van der Waals surface area contributed by atoms with Gasteiger partial charge in [0, 0.05) is 17.7 Å². The summed E-state index contributed by atoms with van der Waals surface area (Å²) in [6.07, 6.45) is 0.618. The fraction of sp³-hybridized carbons (Fsp3) is 0.278. The third kappa shape index (κ3) is 2.60. The van der Waals surface area contributed by atoms with Crippen molar-refractivity contribution < 1.29 is 13.9 Å². The van der Waals surface area contributed by atoms with Gasteiger partial charge in [0.2, 0.25) is 0 Å². The Balaban J connectivity index is 1.78. The van der Waals surface area contributed by atoms with E-state index in [1.807, 2.05) is 17.9 Å². The first kappa shape index (κ1) is 16.4. The predicted molar refractivity (Wildman–Crippen MR) is 99.0 cm³/mol. The summed E-state index contributed by atoms with van der Waals surface area (Å²) >= 11 is 11.8. The Hall–Kier alpha value is -2.05. The number of hydrogen-bond acceptors (Lipinski definition) is 3. The molecular weight excluding hydrogens is 363 g/mol. The Labute approximate surface area is 155 Å². The van der Waals surface area contributed by atoms with E-state index < -0.39 is 5.72 Å². The number of rotatable bonds is 2. The molecule has 0 aliphatic carbocycles. The molecule has 1 fully saturated rings. The zero-order chi connectivity index (χ0) is 17.8. The molecule has 2 aliphatic rings. The molecule has 4 rings (SSSR count). The number of ether oxygens (including phenoxy) is 2. The van der Waals surface area contributed by atoms with E-state index in [4.69, 9.17) is 33.3 Å². The normalized spacial score (nSPS) is 24.2. The summed E-state index contributed by atoms with van der Waals surface area (Å²) in [4.78, 5) is 1.90. The van der Waals surface area contributed by atoms with Crippen molar-refractivity contribution in [1.82, 2.24) is 5.32 Å². The molecule has 0 spiro atoms. The molecule has 4 nitrogen and oxygen atoms in total. The van der Waals surface area contributed by atoms with Crippen LogP contribution < -0.4 is 19.7 Å². The zero-order valence-electron chi connectivity index (χ0n) is 13.7. The highest BCUT2D eigenvalue weighted by atomic mass is 35.5. The number of halogens is 2. The van der Waals surface area contributed by atoms with Crippen molar-refractivity contribution in [3.63, 3.8) is 0 Å². The minimum Gasteiger partial charge on any atom is -0.495 e. The average Bonchev–Trinajstić information content (AvgIpc) is 2.55. The van der Waals surface area contributed by atoms with Gasteiger partial charge in [0.05, 0.1) is 18.2 Å². The van der Waals surface area contributed by atoms with Crippen LogP contribution in [0, 0.1) is 5.82 Å². The van der Waals surface area contributed by atoms with E-state index in [9.17, 15) is 4.39 Å². The van der Waals surface area contributed by atoms with Gasteiger partial charge in [-0.15, -0.1) is 0 Å². The van der Waals surface area contributed by atoms with Gasteiger partial charge in [-0.3, -0.25) is 4.90 Å². The fourth-order valence-corrected chi connectivity index (χ4v) is 4.22. The first-order valence-corrected chi connectivity index (χ1v) is 8.62. The van der Waals surface area contributed by atoms with Gasteiger partial charge in [-0.2, -0.15) is 0 Å². The van der Waals surface area contributed by atoms with Gasteiger partial charge in [0.15, 0.2) is 10.8 Å². The molecule has 7 heteroatoms. The predicted octanol–water partition coefficient (Wildman–Crippen LogP) is 4.42. The van der Waals surface area contributed by atoms with Crippen molar-refractivity contribution in [2.45, 2.75) is 25.1 Å². The molecule has 0 saturated carbocycles. The summed E-state index contributed by atoms with van der Waals surface area (Å²) in [5.41, 5.74) is 0.887. The third-order valence-electron chi connectivity index (χ3n) is 4.63. The van der Waals surface area contributed by atoms with Crippen molar-refractivity contribution in [1.29, 1.82) is 0 Å². The second-order valence-electron chi connectivity index (χ2n) is 6.32. The summed E-state index contributed by atoms with van der Waals surface area (Å²) in [6.45, 7) is 1.97. The molecular formula is C18H16ClFN2O2S. The third-order valence-corrected chi connectivity index (χ3v) is 5.22. The van der Waals surface area contributed by atoms with Gasteiger partial charge in [-0.25, -0.2) is 4.39 Å². The van der Waals surface area contributed by atoms with Crippen LogP contribution in [0.2, 0.25) is 5.02 Å². The van der Waals surface area contributed by atoms with Crippen molar-refractivity contribution in [2.24, 2.45) is 0 Å². The Bertz CT molecular complexity index is 878. The lowest BCUT2D eigenvalue weighted by atomic mass is 9.90. The van der Waals surface area contributed by atoms with E-state index in [0.717, 1.165) is 11.3 Å². The van der Waals surface area contributed by atoms with Crippen LogP contribution in [0.15, 0.2) is 36.4 Å². The summed E-state index contributed by atoms with van der Waals surface area (Å²) in [5, 5.41) is 4.29. The Kier molecular flexibility index (Phi) is 3.77. The minimum atomic E-state index is -0.699. The van der Waals surface area contributed by atoms with Crippen LogP contribution in [0.5, 0.6) is 11.5 Å². The summed E-state index contributed by atoms with van der Waals surface area (Å²) < 4.78 is 25.1. The van der Waals surface area contributed by atoms with Crippen LogP contribution in [0.1, 0.15) is 24.9 Å². The number of thiocarbonyl (C=S) groups is 1. The maximum atomic E-state index is 13.6. The molecule has 0 radical (unpaired) electrons. The first-order chi connectivity index (χ1) is 11.9. The second-order valence-corrected chi connectivity index (χ2v) is 7.11. The molecule has 2 unspecified atom stereocenters. The summed E-state index contributed by atoms with van der Waals surface area (Å²) in [7, 11) is 1.57. The Morgan fingerprint density at radius 2 is 2.16 bits per heavy atom. The molecule has 25 heavy (non-hydrogen) atoms. The number of methoxy groups -OCH3 is 1. The highest BCUT2D eigenvalue weighted by Crippen LogP contribution is 2.46. The van der Waals surface area contributed by atoms with Crippen molar-refractivity contribution >= 4 is 34.6 Å². The zero-order valence-corrected chi connectivity index (χ0v) is 15.2. The molecule has 0 aromatic heterocycles. The van der Waals surface area contributed by atoms with E-state index in [1.54, 1.807) is 25.3 Å². The number of nitrogens with one attached hydrogen (secondary N) is 1. The summed E-state index contributed by atoms with van der Waals surface area (Å²) in [5.74, 6) is 0.956. The lowest BCUT2D eigenvalue weighted by molar-refractivity contribution is 0.0495. The molecule has 2 atom stereocenters. The van der Waals surface area contributed by atoms with E-state index in [-0.39, 0.29) is 11.9 Å². The molecule has 2 aromatic carbocycles. The van der Waals surface area contributed by atoms with Crippen LogP contribution >= 0.6 is 23.8 Å². The average molecular weight is 379 g/mol. The van der Waals surface area contributed by atoms with Crippen molar-refractivity contribution in [3.05, 3.63) is 52.8 Å². The van der Waals surface area contributed by atoms with Gasteiger partial charge < -0.3 is 14.8 Å². The molecule has 1 N–H and O–H groups in total. The number of hydrogen-bond donors (Lipinski definition) is 1. The van der Waals surface area contributed by atoms with Crippen molar-refractivity contribution in [2.75, 3.05) is 12.0 Å². The smallest absolute Gasteiger partial charge is 0.188 e. The van der Waals surface area contributed by atoms with E-state index in [0.29, 0.717) is 28.1 Å². The lowest BCUT2D eigenvalue weighted by Gasteiger charge is -2.52. The molecule has 2 aliphatic heterocycles. The van der Waals surface area contributed by atoms with Crippen LogP contribution in [0.4, 0.5) is 10.1 Å². The van der Waals surface area contributed by atoms with Gasteiger partial charge in [-0.1, -0.05) is 11.6 Å². The van der Waals surface area contributed by atoms with E-state index in [2.05, 4.69) is 5.32 Å². The van der Waals surface area contributed by atoms with Crippen LogP contribution in [0.25, 0.3) is 0 Å². The lowest BCUT2D eigenvalue weighted by Crippen LogP contribution is -2.65. The minimum absolute atomic E-state index is 0.0954. The second kappa shape index (κ2) is 5.75. The maximum absolute atomic E-state index is 13.6. The topological polar surface area (TPSA) is 33.7 Å². The highest BCUT2D eigenvalue weighted by Gasteiger charge is 2.48. The molecule has 2 bridgehead atoms. The molecule has 2 heterocycles. The Morgan fingerprint density at radius 3 is 2.88 bits per heavy atom. The standard InChI is InChI=1S/C18H16ClFN2O2S/c1-18-9-14(12-7-10(20)3-5-15(12)24-18)21-17(25)22(18)11-4-6-16(23-2)13(19)8-11/h3-8,14H,9H2,1-2H3,(H,21,25). The van der Waals surface area contributed by atoms with Crippen LogP contribution in [-0.2, 0) is 0 Å². The maximum Gasteiger partial charge on any atom is 0.188 e. The summed E-state index contributed by atoms with van der Waals surface area (Å²) in [6, 6.07) is 9.93. The molecule has 1 saturated heterocycles. The number of fused-ring (bicyclic) bond motifs is 4. The van der Waals surface area contributed by atoms with Gasteiger partial charge in [0.1, 0.15) is 17.3 Å². The van der Waals surface area contributed by atoms with Crippen molar-refractivity contribution in [3.8, 4) is 11.5 Å². The largest absolute Gasteiger partial charge is 0.495 e. The highest BCUT2D eigenvalue weighted by molar-refractivity contribution is 7.80. The van der Waals surface area contributed by atoms with Gasteiger partial charge >= 0.3 is 0 Å². The number of nitrogens with zero attached hydrogens (tertiary/aromatic N) is 1. The van der Waals surface area contributed by atoms with E-state index >= 15 is 0 Å². The first-order valence-electron chi connectivity index (χ1n) is 7.84. The van der Waals surface area contributed by atoms with Crippen LogP contribution in [0.3, 0.4) is 0 Å². The molecule has 2 aromatic rings. The van der Waals surface area contributed by atoms with E-state index in [1.165, 1.54) is 12.1 Å². The fourth-order valence-electron chi connectivity index (χ4n) is 3.53. The Morgan fingerprint density at radius 1 is 1.36 bits per heavy atom. The SMILES string of the molecule is COc1ccc(N2C(=S)NC3CC2(C)Oc2ccc(F)cc23)cc1Cl. The van der Waals surface area contributed by atoms with Gasteiger partial charge in [0.25, 0.3) is 0 Å². The number of anilines is 1.